The maximum atomic E-state index is 12.5. The molecule has 0 bridgehead atoms. The van der Waals surface area contributed by atoms with Crippen LogP contribution in [0.4, 0.5) is 11.4 Å². The molecule has 3 heteroatoms. The molecule has 0 aliphatic rings. The quantitative estimate of drug-likeness (QED) is 0.669. The fourth-order valence-electron chi connectivity index (χ4n) is 2.00. The Morgan fingerprint density at radius 3 is 2.48 bits per heavy atom. The Labute approximate surface area is 125 Å². The monoisotopic (exact) mass is 278 g/mol. The molecule has 2 aromatic rings. The summed E-state index contributed by atoms with van der Waals surface area (Å²) in [6, 6.07) is 14.6. The number of nitrogens with one attached hydrogen (secondary N) is 1. The highest BCUT2D eigenvalue weighted by Crippen LogP contribution is 2.26. The number of hydrogen-bond acceptors (Lipinski definition) is 2. The van der Waals surface area contributed by atoms with Gasteiger partial charge in [0.1, 0.15) is 0 Å². The lowest BCUT2D eigenvalue weighted by molar-refractivity contribution is -0.120. The zero-order valence-electron chi connectivity index (χ0n) is 12.2. The van der Waals surface area contributed by atoms with Gasteiger partial charge in [-0.05, 0) is 49.7 Å². The summed E-state index contributed by atoms with van der Waals surface area (Å²) < 4.78 is 0. The van der Waals surface area contributed by atoms with Crippen molar-refractivity contribution in [3.8, 4) is 12.3 Å². The van der Waals surface area contributed by atoms with Gasteiger partial charge in [0.05, 0.1) is 5.41 Å². The van der Waals surface area contributed by atoms with Crippen molar-refractivity contribution in [2.24, 2.45) is 0 Å². The summed E-state index contributed by atoms with van der Waals surface area (Å²) in [5, 5.41) is 2.90. The number of anilines is 2. The molecule has 0 aliphatic heterocycles. The van der Waals surface area contributed by atoms with Crippen molar-refractivity contribution >= 4 is 17.3 Å². The normalized spacial score (nSPS) is 10.7. The molecule has 106 valence electrons. The van der Waals surface area contributed by atoms with E-state index >= 15 is 0 Å². The molecule has 3 nitrogen and oxygen atoms in total. The van der Waals surface area contributed by atoms with E-state index in [0.717, 1.165) is 11.1 Å². The van der Waals surface area contributed by atoms with Crippen molar-refractivity contribution in [2.45, 2.75) is 19.3 Å². The molecule has 0 radical (unpaired) electrons. The highest BCUT2D eigenvalue weighted by molar-refractivity contribution is 5.98. The molecule has 0 heterocycles. The number of amides is 1. The van der Waals surface area contributed by atoms with Gasteiger partial charge in [0, 0.05) is 16.9 Å². The number of rotatable bonds is 3. The van der Waals surface area contributed by atoms with E-state index in [-0.39, 0.29) is 5.91 Å². The zero-order valence-corrected chi connectivity index (χ0v) is 12.2. The van der Waals surface area contributed by atoms with Gasteiger partial charge >= 0.3 is 0 Å². The van der Waals surface area contributed by atoms with Gasteiger partial charge in [-0.1, -0.05) is 24.1 Å². The lowest BCUT2D eigenvalue weighted by Crippen LogP contribution is -2.34. The maximum absolute atomic E-state index is 12.5. The van der Waals surface area contributed by atoms with Gasteiger partial charge in [0.25, 0.3) is 0 Å². The third kappa shape index (κ3) is 3.24. The fraction of sp³-hybridized carbons (Fsp3) is 0.167. The van der Waals surface area contributed by atoms with Crippen molar-refractivity contribution in [2.75, 3.05) is 11.1 Å². The van der Waals surface area contributed by atoms with Crippen LogP contribution in [0.2, 0.25) is 0 Å². The average Bonchev–Trinajstić information content (AvgIpc) is 2.48. The van der Waals surface area contributed by atoms with Gasteiger partial charge in [-0.15, -0.1) is 6.42 Å². The standard InChI is InChI=1S/C18H18N2O/c1-4-13-6-5-7-16(12-13)20-17(21)18(2,3)14-8-10-15(19)11-9-14/h1,5-12H,19H2,2-3H3,(H,20,21). The lowest BCUT2D eigenvalue weighted by atomic mass is 9.83. The molecule has 0 saturated carbocycles. The molecule has 0 aliphatic carbocycles. The number of terminal acetylenes is 1. The van der Waals surface area contributed by atoms with Gasteiger partial charge in [0.2, 0.25) is 5.91 Å². The van der Waals surface area contributed by atoms with Crippen LogP contribution in [-0.4, -0.2) is 5.91 Å². The highest BCUT2D eigenvalue weighted by atomic mass is 16.2. The Balaban J connectivity index is 2.22. The van der Waals surface area contributed by atoms with Gasteiger partial charge < -0.3 is 11.1 Å². The van der Waals surface area contributed by atoms with Gasteiger partial charge in [-0.2, -0.15) is 0 Å². The smallest absolute Gasteiger partial charge is 0.234 e. The summed E-state index contributed by atoms with van der Waals surface area (Å²) in [6.07, 6.45) is 5.37. The number of carbonyl (C=O) groups excluding carboxylic acids is 1. The van der Waals surface area contributed by atoms with Crippen molar-refractivity contribution in [1.29, 1.82) is 0 Å². The Bertz CT molecular complexity index is 694. The van der Waals surface area contributed by atoms with Crippen molar-refractivity contribution in [1.82, 2.24) is 0 Å². The van der Waals surface area contributed by atoms with Crippen molar-refractivity contribution in [3.63, 3.8) is 0 Å². The molecule has 21 heavy (non-hydrogen) atoms. The van der Waals surface area contributed by atoms with Crippen LogP contribution in [0.25, 0.3) is 0 Å². The van der Waals surface area contributed by atoms with E-state index in [0.29, 0.717) is 11.4 Å². The third-order valence-corrected chi connectivity index (χ3v) is 3.49. The molecule has 0 unspecified atom stereocenters. The molecule has 0 fully saturated rings. The van der Waals surface area contributed by atoms with Crippen LogP contribution < -0.4 is 11.1 Å². The molecule has 3 N–H and O–H groups in total. The van der Waals surface area contributed by atoms with E-state index in [1.807, 2.05) is 44.2 Å². The molecule has 0 saturated heterocycles. The number of nitrogens with two attached hydrogens (primary N) is 1. The molecular formula is C18H18N2O. The second-order valence-electron chi connectivity index (χ2n) is 5.43. The molecule has 2 rings (SSSR count). The molecule has 0 spiro atoms. The predicted molar refractivity (Wildman–Crippen MR) is 86.9 cm³/mol. The Morgan fingerprint density at radius 1 is 1.19 bits per heavy atom. The first-order valence-corrected chi connectivity index (χ1v) is 6.67. The van der Waals surface area contributed by atoms with Gasteiger partial charge in [-0.3, -0.25) is 4.79 Å². The molecular weight excluding hydrogens is 260 g/mol. The largest absolute Gasteiger partial charge is 0.399 e. The lowest BCUT2D eigenvalue weighted by Gasteiger charge is -2.24. The maximum Gasteiger partial charge on any atom is 0.234 e. The van der Waals surface area contributed by atoms with Gasteiger partial charge in [0.15, 0.2) is 0 Å². The van der Waals surface area contributed by atoms with E-state index in [1.165, 1.54) is 0 Å². The van der Waals surface area contributed by atoms with Crippen LogP contribution in [-0.2, 0) is 10.2 Å². The number of nitrogen functional groups attached to an aromatic ring is 1. The molecule has 0 atom stereocenters. The number of benzene rings is 2. The van der Waals surface area contributed by atoms with E-state index in [4.69, 9.17) is 12.2 Å². The first-order chi connectivity index (χ1) is 9.93. The number of carbonyl (C=O) groups is 1. The SMILES string of the molecule is C#Cc1cccc(NC(=O)C(C)(C)c2ccc(N)cc2)c1. The van der Waals surface area contributed by atoms with Crippen LogP contribution in [0.1, 0.15) is 25.0 Å². The van der Waals surface area contributed by atoms with Crippen molar-refractivity contribution < 1.29 is 4.79 Å². The zero-order chi connectivity index (χ0) is 15.5. The third-order valence-electron chi connectivity index (χ3n) is 3.49. The predicted octanol–water partition coefficient (Wildman–Crippen LogP) is 3.17. The minimum Gasteiger partial charge on any atom is -0.399 e. The summed E-state index contributed by atoms with van der Waals surface area (Å²) in [4.78, 5) is 12.5. The van der Waals surface area contributed by atoms with E-state index in [2.05, 4.69) is 11.2 Å². The second kappa shape index (κ2) is 5.72. The van der Waals surface area contributed by atoms with Crippen LogP contribution in [0.3, 0.4) is 0 Å². The Kier molecular flexibility index (Phi) is 4.00. The second-order valence-corrected chi connectivity index (χ2v) is 5.43. The summed E-state index contributed by atoms with van der Waals surface area (Å²) >= 11 is 0. The first-order valence-electron chi connectivity index (χ1n) is 6.67. The molecule has 1 amide bonds. The first kappa shape index (κ1) is 14.7. The minimum atomic E-state index is -0.667. The topological polar surface area (TPSA) is 55.1 Å². The fourth-order valence-corrected chi connectivity index (χ4v) is 2.00. The summed E-state index contributed by atoms with van der Waals surface area (Å²) in [5.41, 5.74) is 8.03. The van der Waals surface area contributed by atoms with Gasteiger partial charge in [-0.25, -0.2) is 0 Å². The van der Waals surface area contributed by atoms with E-state index in [9.17, 15) is 4.79 Å². The van der Waals surface area contributed by atoms with Crippen LogP contribution in [0, 0.1) is 12.3 Å². The van der Waals surface area contributed by atoms with E-state index < -0.39 is 5.41 Å². The van der Waals surface area contributed by atoms with Crippen molar-refractivity contribution in [3.05, 3.63) is 59.7 Å². The van der Waals surface area contributed by atoms with Crippen LogP contribution >= 0.6 is 0 Å². The Morgan fingerprint density at radius 2 is 1.86 bits per heavy atom. The van der Waals surface area contributed by atoms with Crippen LogP contribution in [0.5, 0.6) is 0 Å². The van der Waals surface area contributed by atoms with Crippen LogP contribution in [0.15, 0.2) is 48.5 Å². The summed E-state index contributed by atoms with van der Waals surface area (Å²) in [7, 11) is 0. The summed E-state index contributed by atoms with van der Waals surface area (Å²) in [6.45, 7) is 3.75. The Hall–Kier alpha value is -2.73. The average molecular weight is 278 g/mol. The summed E-state index contributed by atoms with van der Waals surface area (Å²) in [5.74, 6) is 2.46. The number of hydrogen-bond donors (Lipinski definition) is 2. The highest BCUT2D eigenvalue weighted by Gasteiger charge is 2.29. The minimum absolute atomic E-state index is 0.0959. The molecule has 0 aromatic heterocycles. The molecule has 2 aromatic carbocycles. The van der Waals surface area contributed by atoms with E-state index in [1.54, 1.807) is 18.2 Å².